The van der Waals surface area contributed by atoms with Gasteiger partial charge in [-0.1, -0.05) is 55.5 Å². The molecule has 4 rings (SSSR count). The van der Waals surface area contributed by atoms with E-state index < -0.39 is 18.4 Å². The maximum Gasteiger partial charge on any atom is 0.303 e. The molecule has 206 valence electrons. The number of morpholine rings is 1. The zero-order valence-electron chi connectivity index (χ0n) is 22.3. The Morgan fingerprint density at radius 2 is 1.66 bits per heavy atom. The van der Waals surface area contributed by atoms with Gasteiger partial charge in [0.15, 0.2) is 12.4 Å². The smallest absolute Gasteiger partial charge is 0.303 e. The number of hydrogen-bond donors (Lipinski definition) is 2. The second-order valence-corrected chi connectivity index (χ2v) is 9.95. The van der Waals surface area contributed by atoms with Gasteiger partial charge in [0, 0.05) is 44.6 Å². The summed E-state index contributed by atoms with van der Waals surface area (Å²) in [6, 6.07) is 15.7. The molecule has 9 nitrogen and oxygen atoms in total. The van der Waals surface area contributed by atoms with Crippen LogP contribution in [-0.4, -0.2) is 66.9 Å². The van der Waals surface area contributed by atoms with E-state index in [1.807, 2.05) is 48.5 Å². The minimum absolute atomic E-state index is 0.00220. The molecule has 0 bridgehead atoms. The quantitative estimate of drug-likeness (QED) is 0.481. The molecule has 2 fully saturated rings. The van der Waals surface area contributed by atoms with Crippen LogP contribution >= 0.6 is 0 Å². The van der Waals surface area contributed by atoms with Crippen molar-refractivity contribution in [2.45, 2.75) is 58.5 Å². The molecule has 0 aliphatic carbocycles. The third-order valence-electron chi connectivity index (χ3n) is 7.10. The molecule has 2 aromatic rings. The Labute approximate surface area is 224 Å². The van der Waals surface area contributed by atoms with Gasteiger partial charge in [-0.15, -0.1) is 0 Å². The van der Waals surface area contributed by atoms with Gasteiger partial charge < -0.3 is 29.4 Å². The number of benzene rings is 2. The highest BCUT2D eigenvalue weighted by atomic mass is 16.7. The zero-order valence-corrected chi connectivity index (χ0v) is 22.3. The predicted molar refractivity (Wildman–Crippen MR) is 140 cm³/mol. The van der Waals surface area contributed by atoms with E-state index in [1.54, 1.807) is 6.92 Å². The minimum atomic E-state index is -0.843. The van der Waals surface area contributed by atoms with Crippen LogP contribution in [0.1, 0.15) is 55.4 Å². The fourth-order valence-corrected chi connectivity index (χ4v) is 4.79. The van der Waals surface area contributed by atoms with Crippen LogP contribution in [0.5, 0.6) is 0 Å². The van der Waals surface area contributed by atoms with Gasteiger partial charge in [-0.05, 0) is 23.6 Å². The van der Waals surface area contributed by atoms with E-state index in [-0.39, 0.29) is 30.6 Å². The summed E-state index contributed by atoms with van der Waals surface area (Å²) in [5, 5.41) is 12.2. The van der Waals surface area contributed by atoms with Gasteiger partial charge in [-0.3, -0.25) is 14.5 Å². The number of aliphatic hydroxyl groups excluding tert-OH is 1. The molecule has 0 saturated carbocycles. The largest absolute Gasteiger partial charge is 0.453 e. The Hall–Kier alpha value is -2.82. The van der Waals surface area contributed by atoms with Gasteiger partial charge in [0.05, 0.1) is 32.0 Å². The summed E-state index contributed by atoms with van der Waals surface area (Å²) in [6.45, 7) is 9.30. The van der Waals surface area contributed by atoms with E-state index >= 15 is 0 Å². The number of carbonyl (C=O) groups is 2. The molecule has 0 aromatic heterocycles. The molecule has 2 heterocycles. The van der Waals surface area contributed by atoms with Crippen molar-refractivity contribution in [2.24, 2.45) is 5.92 Å². The summed E-state index contributed by atoms with van der Waals surface area (Å²) in [7, 11) is 0. The Morgan fingerprint density at radius 3 is 2.29 bits per heavy atom. The number of rotatable bonds is 9. The number of esters is 1. The Kier molecular flexibility index (Phi) is 9.87. The van der Waals surface area contributed by atoms with E-state index in [2.05, 4.69) is 17.1 Å². The number of amides is 1. The fraction of sp³-hybridized carbons (Fsp3) is 0.517. The first-order valence-corrected chi connectivity index (χ1v) is 13.2. The molecule has 2 N–H and O–H groups in total. The van der Waals surface area contributed by atoms with Crippen molar-refractivity contribution in [1.29, 1.82) is 0 Å². The van der Waals surface area contributed by atoms with E-state index in [0.29, 0.717) is 6.54 Å². The lowest BCUT2D eigenvalue weighted by atomic mass is 9.90. The molecule has 5 atom stereocenters. The van der Waals surface area contributed by atoms with Crippen molar-refractivity contribution >= 4 is 11.9 Å². The van der Waals surface area contributed by atoms with Crippen molar-refractivity contribution < 1.29 is 33.6 Å². The Balaban J connectivity index is 1.46. The van der Waals surface area contributed by atoms with Gasteiger partial charge in [0.25, 0.3) is 5.91 Å². The molecule has 2 aromatic carbocycles. The summed E-state index contributed by atoms with van der Waals surface area (Å²) in [4.78, 5) is 25.6. The highest BCUT2D eigenvalue weighted by Gasteiger charge is 2.39. The number of nitrogens with zero attached hydrogens (tertiary/aromatic N) is 1. The van der Waals surface area contributed by atoms with Crippen LogP contribution in [-0.2, 0) is 41.7 Å². The number of hydrogen-bond acceptors (Lipinski definition) is 8. The van der Waals surface area contributed by atoms with Crippen molar-refractivity contribution in [1.82, 2.24) is 10.2 Å². The first-order chi connectivity index (χ1) is 18.3. The van der Waals surface area contributed by atoms with Crippen LogP contribution in [0.3, 0.4) is 0 Å². The molecular weight excluding hydrogens is 488 g/mol. The van der Waals surface area contributed by atoms with Crippen LogP contribution < -0.4 is 5.32 Å². The van der Waals surface area contributed by atoms with Crippen LogP contribution in [0, 0.1) is 5.92 Å². The van der Waals surface area contributed by atoms with E-state index in [4.69, 9.17) is 18.9 Å². The highest BCUT2D eigenvalue weighted by molar-refractivity contribution is 5.82. The van der Waals surface area contributed by atoms with Crippen molar-refractivity contribution in [3.05, 3.63) is 70.8 Å². The minimum Gasteiger partial charge on any atom is -0.453 e. The predicted octanol–water partition coefficient (Wildman–Crippen LogP) is 2.87. The van der Waals surface area contributed by atoms with E-state index in [0.717, 1.165) is 55.1 Å². The molecule has 38 heavy (non-hydrogen) atoms. The SMILES string of the molecule is CC(=O)O[C@@H](C)C(=O)NCc1ccc([C@H]2O[C@@H](CN3CCOCC3)[C@@H](C)[C@@H](c3ccc(CO)cc3)O2)cc1. The maximum absolute atomic E-state index is 12.2. The summed E-state index contributed by atoms with van der Waals surface area (Å²) in [6.07, 6.45) is -1.61. The van der Waals surface area contributed by atoms with Crippen LogP contribution in [0.2, 0.25) is 0 Å². The molecule has 2 saturated heterocycles. The van der Waals surface area contributed by atoms with E-state index in [1.165, 1.54) is 6.92 Å². The number of carbonyl (C=O) groups excluding carboxylic acids is 2. The number of ether oxygens (including phenoxy) is 4. The second-order valence-electron chi connectivity index (χ2n) is 9.95. The lowest BCUT2D eigenvalue weighted by Crippen LogP contribution is -2.47. The summed E-state index contributed by atoms with van der Waals surface area (Å²) < 4.78 is 23.5. The highest BCUT2D eigenvalue weighted by Crippen LogP contribution is 2.41. The van der Waals surface area contributed by atoms with Gasteiger partial charge in [-0.25, -0.2) is 0 Å². The van der Waals surface area contributed by atoms with Crippen LogP contribution in [0.15, 0.2) is 48.5 Å². The molecule has 2 aliphatic heterocycles. The van der Waals surface area contributed by atoms with Gasteiger partial charge in [0.2, 0.25) is 0 Å². The summed E-state index contributed by atoms with van der Waals surface area (Å²) >= 11 is 0. The van der Waals surface area contributed by atoms with Gasteiger partial charge in [0.1, 0.15) is 0 Å². The topological polar surface area (TPSA) is 107 Å². The lowest BCUT2D eigenvalue weighted by Gasteiger charge is -2.43. The molecule has 1 amide bonds. The van der Waals surface area contributed by atoms with Crippen molar-refractivity contribution in [3.63, 3.8) is 0 Å². The zero-order chi connectivity index (χ0) is 27.1. The Bertz CT molecular complexity index is 1050. The van der Waals surface area contributed by atoms with Gasteiger partial charge in [-0.2, -0.15) is 0 Å². The van der Waals surface area contributed by atoms with Crippen LogP contribution in [0.25, 0.3) is 0 Å². The monoisotopic (exact) mass is 526 g/mol. The lowest BCUT2D eigenvalue weighted by molar-refractivity contribution is -0.277. The maximum atomic E-state index is 12.2. The number of aliphatic hydroxyl groups is 1. The normalized spacial score (nSPS) is 24.9. The third kappa shape index (κ3) is 7.39. The molecule has 0 unspecified atom stereocenters. The Morgan fingerprint density at radius 1 is 1.03 bits per heavy atom. The van der Waals surface area contributed by atoms with Crippen molar-refractivity contribution in [3.8, 4) is 0 Å². The number of nitrogens with one attached hydrogen (secondary N) is 1. The van der Waals surface area contributed by atoms with Crippen LogP contribution in [0.4, 0.5) is 0 Å². The molecular formula is C29H38N2O7. The van der Waals surface area contributed by atoms with Crippen molar-refractivity contribution in [2.75, 3.05) is 32.8 Å². The molecule has 9 heteroatoms. The molecule has 0 spiro atoms. The van der Waals surface area contributed by atoms with Gasteiger partial charge >= 0.3 is 5.97 Å². The molecule has 2 aliphatic rings. The summed E-state index contributed by atoms with van der Waals surface area (Å²) in [5.41, 5.74) is 3.71. The standard InChI is InChI=1S/C29H38N2O7/c1-19-26(17-31-12-14-35-15-13-31)37-29(38-27(19)24-8-6-23(18-32)7-9-24)25-10-4-22(5-11-25)16-30-28(34)20(2)36-21(3)33/h4-11,19-20,26-27,29,32H,12-18H2,1-3H3,(H,30,34)/t19-,20+,26+,27+,29+/m1/s1. The average molecular weight is 527 g/mol. The average Bonchev–Trinajstić information content (AvgIpc) is 2.93. The summed E-state index contributed by atoms with van der Waals surface area (Å²) in [5.74, 6) is -0.727. The first kappa shape index (κ1) is 28.2. The fourth-order valence-electron chi connectivity index (χ4n) is 4.79. The third-order valence-corrected chi connectivity index (χ3v) is 7.10. The second kappa shape index (κ2) is 13.3. The first-order valence-electron chi connectivity index (χ1n) is 13.2. The van der Waals surface area contributed by atoms with E-state index in [9.17, 15) is 14.7 Å². The molecule has 0 radical (unpaired) electrons.